The van der Waals surface area contributed by atoms with Crippen LogP contribution >= 0.6 is 0 Å². The fourth-order valence-corrected chi connectivity index (χ4v) is 2.39. The molecule has 0 unspecified atom stereocenters. The number of ether oxygens (including phenoxy) is 2. The number of rotatable bonds is 1. The summed E-state index contributed by atoms with van der Waals surface area (Å²) in [5.74, 6) is 0.372. The van der Waals surface area contributed by atoms with Gasteiger partial charge in [-0.05, 0) is 32.6 Å². The van der Waals surface area contributed by atoms with E-state index in [1.807, 2.05) is 27.7 Å². The molecule has 1 heterocycles. The van der Waals surface area contributed by atoms with Gasteiger partial charge in [0.15, 0.2) is 0 Å². The van der Waals surface area contributed by atoms with E-state index in [0.717, 1.165) is 0 Å². The zero-order valence-electron chi connectivity index (χ0n) is 15.3. The quantitative estimate of drug-likeness (QED) is 0.803. The minimum Gasteiger partial charge on any atom is -0.444 e. The SMILES string of the molecule is CC(C)[C@H]1COCCN(C(=O)OC(C)(C)C)C[C@H](C)CC(=O)N1. The molecule has 6 heteroatoms. The van der Waals surface area contributed by atoms with Crippen molar-refractivity contribution < 1.29 is 19.1 Å². The second-order valence-electron chi connectivity index (χ2n) is 7.73. The Balaban J connectivity index is 2.75. The molecule has 0 aliphatic carbocycles. The average molecular weight is 328 g/mol. The predicted octanol–water partition coefficient (Wildman–Crippen LogP) is 2.42. The van der Waals surface area contributed by atoms with Crippen LogP contribution in [0, 0.1) is 11.8 Å². The molecule has 1 aliphatic rings. The Bertz CT molecular complexity index is 404. The molecule has 6 nitrogen and oxygen atoms in total. The fourth-order valence-electron chi connectivity index (χ4n) is 2.39. The lowest BCUT2D eigenvalue weighted by atomic mass is 10.0. The highest BCUT2D eigenvalue weighted by atomic mass is 16.6. The lowest BCUT2D eigenvalue weighted by Gasteiger charge is -2.28. The highest BCUT2D eigenvalue weighted by Crippen LogP contribution is 2.14. The van der Waals surface area contributed by atoms with Crippen molar-refractivity contribution >= 4 is 12.0 Å². The molecule has 1 rings (SSSR count). The Morgan fingerprint density at radius 2 is 2.04 bits per heavy atom. The highest BCUT2D eigenvalue weighted by Gasteiger charge is 2.26. The van der Waals surface area contributed by atoms with E-state index in [2.05, 4.69) is 19.2 Å². The Labute approximate surface area is 139 Å². The first kappa shape index (κ1) is 19.7. The number of nitrogens with zero attached hydrogens (tertiary/aromatic N) is 1. The number of amides is 2. The van der Waals surface area contributed by atoms with Crippen LogP contribution in [0.5, 0.6) is 0 Å². The normalized spacial score (nSPS) is 24.8. The summed E-state index contributed by atoms with van der Waals surface area (Å²) in [4.78, 5) is 26.1. The third-order valence-electron chi connectivity index (χ3n) is 3.67. The van der Waals surface area contributed by atoms with E-state index in [1.54, 1.807) is 4.90 Å². The molecular weight excluding hydrogens is 296 g/mol. The summed E-state index contributed by atoms with van der Waals surface area (Å²) in [6, 6.07) is 0.00257. The molecule has 0 radical (unpaired) electrons. The Kier molecular flexibility index (Phi) is 7.32. The summed E-state index contributed by atoms with van der Waals surface area (Å²) in [7, 11) is 0. The summed E-state index contributed by atoms with van der Waals surface area (Å²) in [6.45, 7) is 13.5. The molecule has 0 aromatic heterocycles. The van der Waals surface area contributed by atoms with Gasteiger partial charge in [0, 0.05) is 19.5 Å². The van der Waals surface area contributed by atoms with Gasteiger partial charge in [0.05, 0.1) is 19.3 Å². The summed E-state index contributed by atoms with van der Waals surface area (Å²) in [6.07, 6.45) is 0.0377. The van der Waals surface area contributed by atoms with Gasteiger partial charge in [-0.3, -0.25) is 4.79 Å². The van der Waals surface area contributed by atoms with Gasteiger partial charge in [0.1, 0.15) is 5.60 Å². The Hall–Kier alpha value is -1.30. The monoisotopic (exact) mass is 328 g/mol. The maximum absolute atomic E-state index is 12.3. The fraction of sp³-hybridized carbons (Fsp3) is 0.882. The van der Waals surface area contributed by atoms with E-state index in [-0.39, 0.29) is 24.0 Å². The Morgan fingerprint density at radius 1 is 1.39 bits per heavy atom. The van der Waals surface area contributed by atoms with E-state index in [0.29, 0.717) is 38.6 Å². The third kappa shape index (κ3) is 7.68. The van der Waals surface area contributed by atoms with Gasteiger partial charge in [0.2, 0.25) is 5.91 Å². The highest BCUT2D eigenvalue weighted by molar-refractivity contribution is 5.76. The number of hydrogen-bond donors (Lipinski definition) is 1. The molecule has 0 aromatic rings. The summed E-state index contributed by atoms with van der Waals surface area (Å²) >= 11 is 0. The first-order valence-electron chi connectivity index (χ1n) is 8.43. The molecule has 0 aromatic carbocycles. The standard InChI is InChI=1S/C17H32N2O4/c1-12(2)14-11-22-8-7-19(16(21)23-17(4,5)6)10-13(3)9-15(20)18-14/h12-14H,7-11H2,1-6H3,(H,18,20)/t13-,14-/m1/s1. The number of carbonyl (C=O) groups excluding carboxylic acids is 2. The van der Waals surface area contributed by atoms with Crippen LogP contribution in [0.1, 0.15) is 48.0 Å². The van der Waals surface area contributed by atoms with Gasteiger partial charge in [-0.1, -0.05) is 20.8 Å². The van der Waals surface area contributed by atoms with Crippen molar-refractivity contribution in [2.45, 2.75) is 59.6 Å². The van der Waals surface area contributed by atoms with Crippen molar-refractivity contribution in [3.63, 3.8) is 0 Å². The van der Waals surface area contributed by atoms with Gasteiger partial charge in [-0.2, -0.15) is 0 Å². The predicted molar refractivity (Wildman–Crippen MR) is 89.2 cm³/mol. The zero-order valence-corrected chi connectivity index (χ0v) is 15.3. The summed E-state index contributed by atoms with van der Waals surface area (Å²) < 4.78 is 11.1. The molecule has 134 valence electrons. The molecule has 0 bridgehead atoms. The smallest absolute Gasteiger partial charge is 0.410 e. The van der Waals surface area contributed by atoms with Crippen LogP contribution in [-0.4, -0.2) is 54.8 Å². The van der Waals surface area contributed by atoms with Crippen molar-refractivity contribution in [3.05, 3.63) is 0 Å². The maximum Gasteiger partial charge on any atom is 0.410 e. The minimum absolute atomic E-state index is 0.00257. The van der Waals surface area contributed by atoms with Crippen molar-refractivity contribution in [1.29, 1.82) is 0 Å². The molecule has 0 spiro atoms. The van der Waals surface area contributed by atoms with Gasteiger partial charge < -0.3 is 19.7 Å². The van der Waals surface area contributed by atoms with Gasteiger partial charge in [0.25, 0.3) is 0 Å². The van der Waals surface area contributed by atoms with Gasteiger partial charge in [-0.15, -0.1) is 0 Å². The van der Waals surface area contributed by atoms with E-state index in [1.165, 1.54) is 0 Å². The lowest BCUT2D eigenvalue weighted by Crippen LogP contribution is -2.42. The van der Waals surface area contributed by atoms with Crippen LogP contribution in [0.2, 0.25) is 0 Å². The van der Waals surface area contributed by atoms with Crippen molar-refractivity contribution in [3.8, 4) is 0 Å². The van der Waals surface area contributed by atoms with Crippen LogP contribution in [0.15, 0.2) is 0 Å². The molecule has 1 saturated heterocycles. The van der Waals surface area contributed by atoms with E-state index < -0.39 is 5.60 Å². The molecular formula is C17H32N2O4. The molecule has 1 fully saturated rings. The number of hydrogen-bond acceptors (Lipinski definition) is 4. The molecule has 1 aliphatic heterocycles. The first-order valence-corrected chi connectivity index (χ1v) is 8.43. The van der Waals surface area contributed by atoms with Gasteiger partial charge in [-0.25, -0.2) is 4.79 Å². The van der Waals surface area contributed by atoms with Crippen molar-refractivity contribution in [2.75, 3.05) is 26.3 Å². The Morgan fingerprint density at radius 3 is 2.61 bits per heavy atom. The van der Waals surface area contributed by atoms with Crippen LogP contribution in [0.25, 0.3) is 0 Å². The number of nitrogens with one attached hydrogen (secondary N) is 1. The van der Waals surface area contributed by atoms with Crippen LogP contribution in [0.3, 0.4) is 0 Å². The number of carbonyl (C=O) groups is 2. The van der Waals surface area contributed by atoms with Crippen molar-refractivity contribution in [1.82, 2.24) is 10.2 Å². The average Bonchev–Trinajstić information content (AvgIpc) is 2.40. The molecule has 2 amide bonds. The maximum atomic E-state index is 12.3. The van der Waals surface area contributed by atoms with Crippen LogP contribution < -0.4 is 5.32 Å². The van der Waals surface area contributed by atoms with Crippen LogP contribution in [0.4, 0.5) is 4.79 Å². The topological polar surface area (TPSA) is 67.9 Å². The molecule has 0 saturated carbocycles. The summed E-state index contributed by atoms with van der Waals surface area (Å²) in [5, 5.41) is 3.03. The lowest BCUT2D eigenvalue weighted by molar-refractivity contribution is -0.123. The molecule has 1 N–H and O–H groups in total. The van der Waals surface area contributed by atoms with Crippen molar-refractivity contribution in [2.24, 2.45) is 11.8 Å². The summed E-state index contributed by atoms with van der Waals surface area (Å²) in [5.41, 5.74) is -0.534. The van der Waals surface area contributed by atoms with E-state index >= 15 is 0 Å². The van der Waals surface area contributed by atoms with Crippen LogP contribution in [-0.2, 0) is 14.3 Å². The first-order chi connectivity index (χ1) is 10.6. The second kappa shape index (κ2) is 8.52. The second-order valence-corrected chi connectivity index (χ2v) is 7.73. The van der Waals surface area contributed by atoms with E-state index in [4.69, 9.17) is 9.47 Å². The molecule has 23 heavy (non-hydrogen) atoms. The van der Waals surface area contributed by atoms with Gasteiger partial charge >= 0.3 is 6.09 Å². The largest absolute Gasteiger partial charge is 0.444 e. The third-order valence-corrected chi connectivity index (χ3v) is 3.67. The minimum atomic E-state index is -0.534. The van der Waals surface area contributed by atoms with E-state index in [9.17, 15) is 9.59 Å². The zero-order chi connectivity index (χ0) is 17.6. The molecule has 2 atom stereocenters.